The Bertz CT molecular complexity index is 834. The predicted octanol–water partition coefficient (Wildman–Crippen LogP) is 0.516. The summed E-state index contributed by atoms with van der Waals surface area (Å²) in [5.74, 6) is 0.799. The van der Waals surface area contributed by atoms with Gasteiger partial charge in [-0.25, -0.2) is 4.79 Å². The molecule has 21 heavy (non-hydrogen) atoms. The number of rotatable bonds is 3. The molecule has 1 aromatic heterocycles. The zero-order valence-corrected chi connectivity index (χ0v) is 11.2. The molecule has 2 heterocycles. The number of carbonyl (C=O) groups is 1. The van der Waals surface area contributed by atoms with E-state index in [1.54, 1.807) is 18.2 Å². The SMILES string of the molecule is CC(=O)c1c[nH]c(=O)n(Cc2ccc3c(c2)OCO3)c1=O. The first-order chi connectivity index (χ1) is 10.1. The van der Waals surface area contributed by atoms with Crippen LogP contribution in [0.2, 0.25) is 0 Å². The Morgan fingerprint density at radius 1 is 1.29 bits per heavy atom. The van der Waals surface area contributed by atoms with Gasteiger partial charge in [0.25, 0.3) is 5.56 Å². The number of hydrogen-bond donors (Lipinski definition) is 1. The number of benzene rings is 1. The highest BCUT2D eigenvalue weighted by Crippen LogP contribution is 2.32. The lowest BCUT2D eigenvalue weighted by atomic mass is 10.2. The predicted molar refractivity (Wildman–Crippen MR) is 73.0 cm³/mol. The van der Waals surface area contributed by atoms with E-state index in [1.165, 1.54) is 6.92 Å². The summed E-state index contributed by atoms with van der Waals surface area (Å²) in [5.41, 5.74) is -0.519. The van der Waals surface area contributed by atoms with Crippen LogP contribution in [0.1, 0.15) is 22.8 Å². The van der Waals surface area contributed by atoms with Crippen molar-refractivity contribution in [3.63, 3.8) is 0 Å². The van der Waals surface area contributed by atoms with Gasteiger partial charge in [0.05, 0.1) is 12.1 Å². The molecule has 7 nitrogen and oxygen atoms in total. The molecule has 0 fully saturated rings. The molecule has 0 spiro atoms. The lowest BCUT2D eigenvalue weighted by Crippen LogP contribution is -2.37. The number of fused-ring (bicyclic) bond motifs is 1. The van der Waals surface area contributed by atoms with Gasteiger partial charge in [0, 0.05) is 6.20 Å². The second-order valence-corrected chi connectivity index (χ2v) is 4.64. The summed E-state index contributed by atoms with van der Waals surface area (Å²) in [6, 6.07) is 5.15. The van der Waals surface area contributed by atoms with E-state index in [0.717, 1.165) is 10.8 Å². The molecule has 3 rings (SSSR count). The fourth-order valence-electron chi connectivity index (χ4n) is 2.13. The molecule has 0 bridgehead atoms. The van der Waals surface area contributed by atoms with Crippen LogP contribution in [0, 0.1) is 0 Å². The molecular weight excluding hydrogens is 276 g/mol. The van der Waals surface area contributed by atoms with Crippen LogP contribution in [0.25, 0.3) is 0 Å². The number of carbonyl (C=O) groups excluding carboxylic acids is 1. The van der Waals surface area contributed by atoms with Crippen molar-refractivity contribution in [2.75, 3.05) is 6.79 Å². The highest BCUT2D eigenvalue weighted by atomic mass is 16.7. The standard InChI is InChI=1S/C14H12N2O5/c1-8(17)10-5-15-14(19)16(13(10)18)6-9-2-3-11-12(4-9)21-7-20-11/h2-5H,6-7H2,1H3,(H,15,19). The monoisotopic (exact) mass is 288 g/mol. The zero-order chi connectivity index (χ0) is 15.0. The third-order valence-corrected chi connectivity index (χ3v) is 3.22. The number of ketones is 1. The lowest BCUT2D eigenvalue weighted by Gasteiger charge is -2.06. The summed E-state index contributed by atoms with van der Waals surface area (Å²) in [5, 5.41) is 0. The Morgan fingerprint density at radius 3 is 2.81 bits per heavy atom. The van der Waals surface area contributed by atoms with E-state index in [1.807, 2.05) is 0 Å². The number of nitrogens with zero attached hydrogens (tertiary/aromatic N) is 1. The van der Waals surface area contributed by atoms with Crippen LogP contribution < -0.4 is 20.7 Å². The smallest absolute Gasteiger partial charge is 0.328 e. The van der Waals surface area contributed by atoms with Crippen molar-refractivity contribution in [3.8, 4) is 11.5 Å². The number of aromatic nitrogens is 2. The zero-order valence-electron chi connectivity index (χ0n) is 11.2. The van der Waals surface area contributed by atoms with E-state index < -0.39 is 17.0 Å². The minimum Gasteiger partial charge on any atom is -0.454 e. The molecule has 0 atom stereocenters. The second kappa shape index (κ2) is 4.93. The Labute approximate surface area is 118 Å². The minimum absolute atomic E-state index is 0.0460. The van der Waals surface area contributed by atoms with Gasteiger partial charge in [-0.3, -0.25) is 14.2 Å². The van der Waals surface area contributed by atoms with E-state index in [-0.39, 0.29) is 18.9 Å². The Morgan fingerprint density at radius 2 is 2.05 bits per heavy atom. The van der Waals surface area contributed by atoms with Crippen molar-refractivity contribution in [2.24, 2.45) is 0 Å². The molecule has 2 aromatic rings. The van der Waals surface area contributed by atoms with Crippen molar-refractivity contribution in [3.05, 3.63) is 56.4 Å². The highest BCUT2D eigenvalue weighted by molar-refractivity contribution is 5.93. The van der Waals surface area contributed by atoms with Crippen LogP contribution in [-0.2, 0) is 6.54 Å². The van der Waals surface area contributed by atoms with Crippen LogP contribution in [0.4, 0.5) is 0 Å². The number of ether oxygens (including phenoxy) is 2. The summed E-state index contributed by atoms with van der Waals surface area (Å²) in [4.78, 5) is 37.7. The summed E-state index contributed by atoms with van der Waals surface area (Å²) in [6.07, 6.45) is 1.14. The van der Waals surface area contributed by atoms with E-state index in [2.05, 4.69) is 4.98 Å². The quantitative estimate of drug-likeness (QED) is 0.831. The average Bonchev–Trinajstić information content (AvgIpc) is 2.90. The molecule has 0 aliphatic carbocycles. The summed E-state index contributed by atoms with van der Waals surface area (Å²) in [7, 11) is 0. The summed E-state index contributed by atoms with van der Waals surface area (Å²) in [6.45, 7) is 1.48. The molecule has 1 aliphatic rings. The van der Waals surface area contributed by atoms with Crippen molar-refractivity contribution < 1.29 is 14.3 Å². The third kappa shape index (κ3) is 2.33. The van der Waals surface area contributed by atoms with Gasteiger partial charge in [0.15, 0.2) is 17.3 Å². The van der Waals surface area contributed by atoms with Gasteiger partial charge in [0.1, 0.15) is 0 Å². The van der Waals surface area contributed by atoms with E-state index in [4.69, 9.17) is 9.47 Å². The normalized spacial score (nSPS) is 12.4. The molecule has 108 valence electrons. The lowest BCUT2D eigenvalue weighted by molar-refractivity contribution is 0.101. The largest absolute Gasteiger partial charge is 0.454 e. The Balaban J connectivity index is 2.02. The van der Waals surface area contributed by atoms with E-state index in [0.29, 0.717) is 17.1 Å². The molecule has 0 saturated carbocycles. The molecule has 0 radical (unpaired) electrons. The van der Waals surface area contributed by atoms with Gasteiger partial charge in [-0.05, 0) is 24.6 Å². The topological polar surface area (TPSA) is 90.4 Å². The maximum atomic E-state index is 12.1. The van der Waals surface area contributed by atoms with Crippen LogP contribution in [-0.4, -0.2) is 22.1 Å². The second-order valence-electron chi connectivity index (χ2n) is 4.64. The maximum absolute atomic E-state index is 12.1. The molecular formula is C14H12N2O5. The van der Waals surface area contributed by atoms with Gasteiger partial charge < -0.3 is 14.5 Å². The molecule has 0 amide bonds. The van der Waals surface area contributed by atoms with Crippen LogP contribution >= 0.6 is 0 Å². The van der Waals surface area contributed by atoms with E-state index in [9.17, 15) is 14.4 Å². The van der Waals surface area contributed by atoms with Crippen LogP contribution in [0.15, 0.2) is 34.0 Å². The van der Waals surface area contributed by atoms with Crippen molar-refractivity contribution >= 4 is 5.78 Å². The Hall–Kier alpha value is -2.83. The average molecular weight is 288 g/mol. The molecule has 7 heteroatoms. The van der Waals surface area contributed by atoms with Gasteiger partial charge >= 0.3 is 5.69 Å². The maximum Gasteiger partial charge on any atom is 0.328 e. The fourth-order valence-corrected chi connectivity index (χ4v) is 2.13. The van der Waals surface area contributed by atoms with Crippen molar-refractivity contribution in [1.29, 1.82) is 0 Å². The number of Topliss-reactive ketones (excluding diaryl/α,β-unsaturated/α-hetero) is 1. The van der Waals surface area contributed by atoms with Crippen LogP contribution in [0.5, 0.6) is 11.5 Å². The first-order valence-electron chi connectivity index (χ1n) is 6.28. The molecule has 0 saturated heterocycles. The summed E-state index contributed by atoms with van der Waals surface area (Å²) >= 11 is 0. The minimum atomic E-state index is -0.607. The van der Waals surface area contributed by atoms with Gasteiger partial charge in [0.2, 0.25) is 6.79 Å². The van der Waals surface area contributed by atoms with E-state index >= 15 is 0 Å². The van der Waals surface area contributed by atoms with Gasteiger partial charge in [-0.2, -0.15) is 0 Å². The molecule has 1 N–H and O–H groups in total. The molecule has 1 aliphatic heterocycles. The first kappa shape index (κ1) is 13.2. The van der Waals surface area contributed by atoms with Gasteiger partial charge in [-0.15, -0.1) is 0 Å². The first-order valence-corrected chi connectivity index (χ1v) is 6.28. The van der Waals surface area contributed by atoms with Crippen molar-refractivity contribution in [2.45, 2.75) is 13.5 Å². The van der Waals surface area contributed by atoms with Crippen LogP contribution in [0.3, 0.4) is 0 Å². The molecule has 1 aromatic carbocycles. The fraction of sp³-hybridized carbons (Fsp3) is 0.214. The number of hydrogen-bond acceptors (Lipinski definition) is 5. The number of aromatic amines is 1. The van der Waals surface area contributed by atoms with Crippen molar-refractivity contribution in [1.82, 2.24) is 9.55 Å². The number of H-pyrrole nitrogens is 1. The van der Waals surface area contributed by atoms with Gasteiger partial charge in [-0.1, -0.05) is 6.07 Å². The Kier molecular flexibility index (Phi) is 3.09. The molecule has 0 unspecified atom stereocenters. The number of nitrogens with one attached hydrogen (secondary N) is 1. The highest BCUT2D eigenvalue weighted by Gasteiger charge is 2.15. The summed E-state index contributed by atoms with van der Waals surface area (Å²) < 4.78 is 11.4. The third-order valence-electron chi connectivity index (χ3n) is 3.22.